The molecule has 1 N–H and O–H groups in total. The Bertz CT molecular complexity index is 1070. The number of carbonyl (C=O) groups is 1. The molecule has 0 saturated carbocycles. The summed E-state index contributed by atoms with van der Waals surface area (Å²) in [6, 6.07) is 6.45. The summed E-state index contributed by atoms with van der Waals surface area (Å²) in [6.07, 6.45) is 0. The Balaban J connectivity index is 1.83. The Labute approximate surface area is 166 Å². The lowest BCUT2D eigenvalue weighted by molar-refractivity contribution is 0.101. The Morgan fingerprint density at radius 2 is 1.50 bits per heavy atom. The fourth-order valence-electron chi connectivity index (χ4n) is 2.45. The molecule has 1 aromatic heterocycles. The fraction of sp³-hybridized carbons (Fsp3) is 0.158. The number of nitrogens with zero attached hydrogens (tertiary/aromatic N) is 1. The molecule has 0 unspecified atom stereocenters. The molecule has 0 aliphatic rings. The quantitative estimate of drug-likeness (QED) is 0.355. The van der Waals surface area contributed by atoms with E-state index in [1.165, 1.54) is 14.0 Å². The van der Waals surface area contributed by atoms with Crippen LogP contribution in [-0.2, 0) is 6.61 Å². The average molecular weight is 428 g/mol. The first-order valence-corrected chi connectivity index (χ1v) is 8.29. The SMILES string of the molecule is COc1ccc(OCc2c(C(=O)Nc3c(F)c(F)c(F)c(F)c3F)noc2C)cc1. The van der Waals surface area contributed by atoms with E-state index in [0.29, 0.717) is 11.5 Å². The van der Waals surface area contributed by atoms with Crippen molar-refractivity contribution in [2.75, 3.05) is 12.4 Å². The standard InChI is InChI=1S/C19H13F5N2O4/c1-8-11(7-29-10-5-3-9(28-2)4-6-10)17(26-30-8)19(27)25-18-15(23)13(21)12(20)14(22)16(18)24/h3-6H,7H2,1-2H3,(H,25,27). The van der Waals surface area contributed by atoms with Gasteiger partial charge >= 0.3 is 0 Å². The topological polar surface area (TPSA) is 73.6 Å². The van der Waals surface area contributed by atoms with Crippen LogP contribution >= 0.6 is 0 Å². The van der Waals surface area contributed by atoms with E-state index in [2.05, 4.69) is 5.16 Å². The predicted octanol–water partition coefficient (Wildman–Crippen LogP) is 4.52. The van der Waals surface area contributed by atoms with Crippen molar-refractivity contribution in [2.24, 2.45) is 0 Å². The predicted molar refractivity (Wildman–Crippen MR) is 92.8 cm³/mol. The molecule has 0 bridgehead atoms. The number of methoxy groups -OCH3 is 1. The van der Waals surface area contributed by atoms with E-state index in [-0.39, 0.29) is 17.9 Å². The molecule has 0 radical (unpaired) electrons. The van der Waals surface area contributed by atoms with E-state index in [4.69, 9.17) is 14.0 Å². The van der Waals surface area contributed by atoms with Crippen molar-refractivity contribution in [3.63, 3.8) is 0 Å². The van der Waals surface area contributed by atoms with Gasteiger partial charge in [-0.1, -0.05) is 5.16 Å². The van der Waals surface area contributed by atoms with Crippen LogP contribution in [0.5, 0.6) is 11.5 Å². The first-order valence-electron chi connectivity index (χ1n) is 8.29. The number of hydrogen-bond donors (Lipinski definition) is 1. The maximum absolute atomic E-state index is 13.8. The Hall–Kier alpha value is -3.63. The number of hydrogen-bond acceptors (Lipinski definition) is 5. The number of ether oxygens (including phenoxy) is 2. The van der Waals surface area contributed by atoms with E-state index in [9.17, 15) is 26.7 Å². The number of rotatable bonds is 6. The van der Waals surface area contributed by atoms with Crippen LogP contribution in [0.15, 0.2) is 28.8 Å². The molecule has 0 spiro atoms. The smallest absolute Gasteiger partial charge is 0.278 e. The first kappa shape index (κ1) is 21.1. The molecule has 2 aromatic carbocycles. The van der Waals surface area contributed by atoms with Gasteiger partial charge in [-0.2, -0.15) is 0 Å². The molecule has 0 aliphatic heterocycles. The second kappa shape index (κ2) is 8.39. The average Bonchev–Trinajstić information content (AvgIpc) is 3.13. The summed E-state index contributed by atoms with van der Waals surface area (Å²) in [7, 11) is 1.49. The number of anilines is 1. The maximum Gasteiger partial charge on any atom is 0.278 e. The lowest BCUT2D eigenvalue weighted by Gasteiger charge is -2.10. The molecular formula is C19H13F5N2O4. The Kier molecular flexibility index (Phi) is 5.90. The van der Waals surface area contributed by atoms with Crippen LogP contribution in [0.2, 0.25) is 0 Å². The highest BCUT2D eigenvalue weighted by molar-refractivity contribution is 6.04. The third-order valence-electron chi connectivity index (χ3n) is 4.09. The van der Waals surface area contributed by atoms with Gasteiger partial charge in [0, 0.05) is 0 Å². The zero-order valence-electron chi connectivity index (χ0n) is 15.5. The van der Waals surface area contributed by atoms with Crippen molar-refractivity contribution < 1.29 is 40.7 Å². The third kappa shape index (κ3) is 3.91. The molecule has 6 nitrogen and oxygen atoms in total. The van der Waals surface area contributed by atoms with Crippen molar-refractivity contribution in [2.45, 2.75) is 13.5 Å². The van der Waals surface area contributed by atoms with Gasteiger partial charge in [0.25, 0.3) is 5.91 Å². The van der Waals surface area contributed by atoms with Gasteiger partial charge in [-0.3, -0.25) is 4.79 Å². The van der Waals surface area contributed by atoms with E-state index in [1.807, 2.05) is 0 Å². The minimum atomic E-state index is -2.34. The van der Waals surface area contributed by atoms with Gasteiger partial charge in [0.05, 0.1) is 12.7 Å². The van der Waals surface area contributed by atoms with Gasteiger partial charge in [-0.25, -0.2) is 22.0 Å². The van der Waals surface area contributed by atoms with Crippen molar-refractivity contribution in [1.29, 1.82) is 0 Å². The lowest BCUT2D eigenvalue weighted by atomic mass is 10.2. The largest absolute Gasteiger partial charge is 0.497 e. The number of nitrogens with one attached hydrogen (secondary N) is 1. The number of aryl methyl sites for hydroxylation is 1. The van der Waals surface area contributed by atoms with Crippen LogP contribution in [0.25, 0.3) is 0 Å². The summed E-state index contributed by atoms with van der Waals surface area (Å²) < 4.78 is 82.8. The highest BCUT2D eigenvalue weighted by Gasteiger charge is 2.29. The minimum absolute atomic E-state index is 0.118. The van der Waals surface area contributed by atoms with Crippen LogP contribution in [0, 0.1) is 36.0 Å². The fourth-order valence-corrected chi connectivity index (χ4v) is 2.45. The van der Waals surface area contributed by atoms with E-state index in [0.717, 1.165) is 0 Å². The first-order chi connectivity index (χ1) is 14.2. The van der Waals surface area contributed by atoms with Crippen LogP contribution < -0.4 is 14.8 Å². The molecule has 30 heavy (non-hydrogen) atoms. The zero-order chi connectivity index (χ0) is 22.0. The van der Waals surface area contributed by atoms with Gasteiger partial charge in [0.1, 0.15) is 29.6 Å². The van der Waals surface area contributed by atoms with Gasteiger partial charge in [-0.05, 0) is 31.2 Å². The van der Waals surface area contributed by atoms with Crippen LogP contribution in [0.1, 0.15) is 21.8 Å². The van der Waals surface area contributed by atoms with Crippen molar-refractivity contribution >= 4 is 11.6 Å². The van der Waals surface area contributed by atoms with Crippen molar-refractivity contribution in [3.05, 3.63) is 70.4 Å². The summed E-state index contributed by atoms with van der Waals surface area (Å²) in [4.78, 5) is 12.4. The molecule has 1 heterocycles. The third-order valence-corrected chi connectivity index (χ3v) is 4.09. The van der Waals surface area contributed by atoms with Crippen LogP contribution in [0.3, 0.4) is 0 Å². The molecule has 158 valence electrons. The van der Waals surface area contributed by atoms with Crippen molar-refractivity contribution in [3.8, 4) is 11.5 Å². The molecule has 0 aliphatic carbocycles. The van der Waals surface area contributed by atoms with Crippen LogP contribution in [-0.4, -0.2) is 18.2 Å². The molecule has 0 atom stereocenters. The zero-order valence-corrected chi connectivity index (χ0v) is 15.5. The monoisotopic (exact) mass is 428 g/mol. The van der Waals surface area contributed by atoms with Crippen LogP contribution in [0.4, 0.5) is 27.6 Å². The number of halogens is 5. The molecule has 0 fully saturated rings. The minimum Gasteiger partial charge on any atom is -0.497 e. The second-order valence-electron chi connectivity index (χ2n) is 5.93. The van der Waals surface area contributed by atoms with E-state index < -0.39 is 46.4 Å². The summed E-state index contributed by atoms with van der Waals surface area (Å²) in [5.74, 6) is -11.2. The lowest BCUT2D eigenvalue weighted by Crippen LogP contribution is -2.19. The highest BCUT2D eigenvalue weighted by Crippen LogP contribution is 2.28. The number of amides is 1. The van der Waals surface area contributed by atoms with Gasteiger partial charge < -0.3 is 19.3 Å². The normalized spacial score (nSPS) is 10.8. The molecule has 0 saturated heterocycles. The molecule has 3 rings (SSSR count). The summed E-state index contributed by atoms with van der Waals surface area (Å²) in [6.45, 7) is 1.23. The molecular weight excluding hydrogens is 415 g/mol. The second-order valence-corrected chi connectivity index (χ2v) is 5.93. The summed E-state index contributed by atoms with van der Waals surface area (Å²) >= 11 is 0. The van der Waals surface area contributed by atoms with E-state index in [1.54, 1.807) is 29.6 Å². The molecule has 1 amide bonds. The molecule has 3 aromatic rings. The van der Waals surface area contributed by atoms with Gasteiger partial charge in [0.15, 0.2) is 29.0 Å². The number of aromatic nitrogens is 1. The van der Waals surface area contributed by atoms with Gasteiger partial charge in [-0.15, -0.1) is 0 Å². The Morgan fingerprint density at radius 1 is 0.967 bits per heavy atom. The molecule has 11 heteroatoms. The maximum atomic E-state index is 13.8. The van der Waals surface area contributed by atoms with E-state index >= 15 is 0 Å². The Morgan fingerprint density at radius 3 is 2.07 bits per heavy atom. The number of carbonyl (C=O) groups excluding carboxylic acids is 1. The summed E-state index contributed by atoms with van der Waals surface area (Å²) in [5, 5.41) is 5.12. The highest BCUT2D eigenvalue weighted by atomic mass is 19.2. The van der Waals surface area contributed by atoms with Crippen molar-refractivity contribution in [1.82, 2.24) is 5.16 Å². The number of benzene rings is 2. The van der Waals surface area contributed by atoms with Gasteiger partial charge in [0.2, 0.25) is 5.82 Å². The summed E-state index contributed by atoms with van der Waals surface area (Å²) in [5.41, 5.74) is -1.82.